The van der Waals surface area contributed by atoms with E-state index < -0.39 is 34.8 Å². The normalized spacial score (nSPS) is 24.1. The second-order valence-corrected chi connectivity index (χ2v) is 5.66. The van der Waals surface area contributed by atoms with Crippen molar-refractivity contribution in [3.63, 3.8) is 0 Å². The fourth-order valence-electron chi connectivity index (χ4n) is 1.26. The molecular formula is C7H10F3NO4S. The van der Waals surface area contributed by atoms with Crippen molar-refractivity contribution in [1.29, 1.82) is 0 Å². The molecule has 0 radical (unpaired) electrons. The molecule has 0 spiro atoms. The van der Waals surface area contributed by atoms with Crippen LogP contribution in [0.15, 0.2) is 0 Å². The summed E-state index contributed by atoms with van der Waals surface area (Å²) in [5.74, 6) is -0.328. The first kappa shape index (κ1) is 13.1. The minimum absolute atomic E-state index is 0.0722. The molecule has 0 aliphatic carbocycles. The average Bonchev–Trinajstić information content (AvgIpc) is 2.41. The van der Waals surface area contributed by atoms with E-state index in [4.69, 9.17) is 0 Å². The molecule has 0 saturated carbocycles. The van der Waals surface area contributed by atoms with Crippen molar-refractivity contribution in [3.05, 3.63) is 0 Å². The first-order valence-electron chi connectivity index (χ1n) is 4.38. The number of halogens is 3. The summed E-state index contributed by atoms with van der Waals surface area (Å²) in [6, 6.07) is -0.661. The minimum Gasteiger partial charge on any atom is -0.440 e. The first-order chi connectivity index (χ1) is 7.18. The molecule has 0 aromatic heterocycles. The van der Waals surface area contributed by atoms with Crippen LogP contribution in [0.5, 0.6) is 0 Å². The molecule has 1 atom stereocenters. The summed E-state index contributed by atoms with van der Waals surface area (Å²) in [4.78, 5) is 10.8. The number of alkyl halides is 3. The number of amides is 1. The van der Waals surface area contributed by atoms with E-state index in [0.717, 1.165) is 0 Å². The molecule has 94 valence electrons. The van der Waals surface area contributed by atoms with Crippen molar-refractivity contribution in [3.8, 4) is 0 Å². The Balaban J connectivity index is 2.31. The molecule has 1 rings (SSSR count). The molecule has 1 aliphatic rings. The van der Waals surface area contributed by atoms with Crippen molar-refractivity contribution in [2.24, 2.45) is 0 Å². The van der Waals surface area contributed by atoms with Crippen molar-refractivity contribution in [2.45, 2.75) is 18.6 Å². The Hall–Kier alpha value is -0.990. The van der Waals surface area contributed by atoms with E-state index in [2.05, 4.69) is 10.1 Å². The molecule has 1 aliphatic heterocycles. The van der Waals surface area contributed by atoms with Gasteiger partial charge in [-0.2, -0.15) is 13.2 Å². The van der Waals surface area contributed by atoms with Gasteiger partial charge in [-0.25, -0.2) is 13.2 Å². The Bertz CT molecular complexity index is 364. The summed E-state index contributed by atoms with van der Waals surface area (Å²) in [6.07, 6.45) is -5.64. The highest BCUT2D eigenvalue weighted by Crippen LogP contribution is 2.15. The molecule has 1 fully saturated rings. The van der Waals surface area contributed by atoms with E-state index in [1.54, 1.807) is 0 Å². The van der Waals surface area contributed by atoms with Crippen LogP contribution in [0.3, 0.4) is 0 Å². The van der Waals surface area contributed by atoms with Crippen LogP contribution in [0.4, 0.5) is 18.0 Å². The number of rotatable bonds is 2. The third-order valence-electron chi connectivity index (χ3n) is 1.92. The van der Waals surface area contributed by atoms with Gasteiger partial charge in [0, 0.05) is 6.04 Å². The second-order valence-electron chi connectivity index (χ2n) is 3.44. The zero-order valence-electron chi connectivity index (χ0n) is 8.08. The van der Waals surface area contributed by atoms with Crippen LogP contribution in [0.25, 0.3) is 0 Å². The zero-order valence-corrected chi connectivity index (χ0v) is 8.90. The van der Waals surface area contributed by atoms with Crippen molar-refractivity contribution >= 4 is 15.9 Å². The topological polar surface area (TPSA) is 72.5 Å². The molecule has 16 heavy (non-hydrogen) atoms. The summed E-state index contributed by atoms with van der Waals surface area (Å²) in [5.41, 5.74) is 0. The van der Waals surface area contributed by atoms with Gasteiger partial charge >= 0.3 is 12.3 Å². The number of hydrogen-bond donors (Lipinski definition) is 1. The number of ether oxygens (including phenoxy) is 1. The lowest BCUT2D eigenvalue weighted by Gasteiger charge is -2.12. The van der Waals surface area contributed by atoms with E-state index >= 15 is 0 Å². The van der Waals surface area contributed by atoms with Gasteiger partial charge in [0.2, 0.25) is 0 Å². The Kier molecular flexibility index (Phi) is 3.66. The molecule has 0 aromatic carbocycles. The van der Waals surface area contributed by atoms with E-state index in [-0.39, 0.29) is 17.9 Å². The van der Waals surface area contributed by atoms with Crippen LogP contribution in [0, 0.1) is 0 Å². The van der Waals surface area contributed by atoms with E-state index in [1.165, 1.54) is 0 Å². The summed E-state index contributed by atoms with van der Waals surface area (Å²) in [5, 5.41) is 2.07. The van der Waals surface area contributed by atoms with Gasteiger partial charge in [0.05, 0.1) is 11.5 Å². The Morgan fingerprint density at radius 3 is 2.50 bits per heavy atom. The van der Waals surface area contributed by atoms with E-state index in [0.29, 0.717) is 0 Å². The Morgan fingerprint density at radius 2 is 2.06 bits per heavy atom. The molecular weight excluding hydrogens is 251 g/mol. The van der Waals surface area contributed by atoms with Crippen LogP contribution >= 0.6 is 0 Å². The SMILES string of the molecule is O=C(N[C@@H]1CCS(=O)(=O)C1)OCC(F)(F)F. The van der Waals surface area contributed by atoms with Gasteiger partial charge in [-0.05, 0) is 6.42 Å². The summed E-state index contributed by atoms with van der Waals surface area (Å²) in [6.45, 7) is -1.68. The Labute approximate surface area is 89.9 Å². The molecule has 1 saturated heterocycles. The Morgan fingerprint density at radius 1 is 1.44 bits per heavy atom. The molecule has 9 heteroatoms. The third kappa shape index (κ3) is 4.69. The number of carbonyl (C=O) groups excluding carboxylic acids is 1. The quantitative estimate of drug-likeness (QED) is 0.784. The van der Waals surface area contributed by atoms with Crippen LogP contribution < -0.4 is 5.32 Å². The monoisotopic (exact) mass is 261 g/mol. The molecule has 0 aromatic rings. The van der Waals surface area contributed by atoms with Crippen LogP contribution in [-0.2, 0) is 14.6 Å². The standard InChI is InChI=1S/C7H10F3NO4S/c8-7(9,10)4-15-6(12)11-5-1-2-16(13,14)3-5/h5H,1-4H2,(H,11,12)/t5-/m1/s1. The van der Waals surface area contributed by atoms with Gasteiger partial charge in [0.15, 0.2) is 16.4 Å². The molecule has 1 heterocycles. The summed E-state index contributed by atoms with van der Waals surface area (Å²) < 4.78 is 60.8. The number of sulfone groups is 1. The van der Waals surface area contributed by atoms with Gasteiger partial charge in [0.1, 0.15) is 0 Å². The largest absolute Gasteiger partial charge is 0.440 e. The van der Waals surface area contributed by atoms with Gasteiger partial charge in [-0.3, -0.25) is 0 Å². The van der Waals surface area contributed by atoms with E-state index in [9.17, 15) is 26.4 Å². The average molecular weight is 261 g/mol. The fraction of sp³-hybridized carbons (Fsp3) is 0.857. The fourth-order valence-corrected chi connectivity index (χ4v) is 2.94. The number of carbonyl (C=O) groups is 1. The van der Waals surface area contributed by atoms with Crippen molar-refractivity contribution in [1.82, 2.24) is 5.32 Å². The smallest absolute Gasteiger partial charge is 0.422 e. The molecule has 5 nitrogen and oxygen atoms in total. The number of hydrogen-bond acceptors (Lipinski definition) is 4. The molecule has 1 amide bonds. The summed E-state index contributed by atoms with van der Waals surface area (Å²) >= 11 is 0. The third-order valence-corrected chi connectivity index (χ3v) is 3.69. The lowest BCUT2D eigenvalue weighted by atomic mass is 10.3. The summed E-state index contributed by atoms with van der Waals surface area (Å²) in [7, 11) is -3.18. The molecule has 0 unspecified atom stereocenters. The van der Waals surface area contributed by atoms with Gasteiger partial charge in [-0.15, -0.1) is 0 Å². The lowest BCUT2D eigenvalue weighted by Crippen LogP contribution is -2.37. The molecule has 1 N–H and O–H groups in total. The first-order valence-corrected chi connectivity index (χ1v) is 6.20. The van der Waals surface area contributed by atoms with Gasteiger partial charge in [0.25, 0.3) is 0 Å². The highest BCUT2D eigenvalue weighted by molar-refractivity contribution is 7.91. The maximum Gasteiger partial charge on any atom is 0.422 e. The molecule has 0 bridgehead atoms. The van der Waals surface area contributed by atoms with Crippen LogP contribution in [0.2, 0.25) is 0 Å². The van der Waals surface area contributed by atoms with Crippen molar-refractivity contribution in [2.75, 3.05) is 18.1 Å². The highest BCUT2D eigenvalue weighted by atomic mass is 32.2. The predicted molar refractivity (Wildman–Crippen MR) is 47.6 cm³/mol. The number of alkyl carbamates (subject to hydrolysis) is 1. The van der Waals surface area contributed by atoms with E-state index in [1.807, 2.05) is 0 Å². The maximum absolute atomic E-state index is 11.7. The van der Waals surface area contributed by atoms with Crippen molar-refractivity contribution < 1.29 is 31.1 Å². The predicted octanol–water partition coefficient (Wildman–Crippen LogP) is 0.462. The minimum atomic E-state index is -4.58. The number of nitrogens with one attached hydrogen (secondary N) is 1. The van der Waals surface area contributed by atoms with Crippen LogP contribution in [-0.4, -0.2) is 44.8 Å². The highest BCUT2D eigenvalue weighted by Gasteiger charge is 2.32. The lowest BCUT2D eigenvalue weighted by molar-refractivity contribution is -0.160. The maximum atomic E-state index is 11.7. The van der Waals surface area contributed by atoms with Gasteiger partial charge in [-0.1, -0.05) is 0 Å². The zero-order chi connectivity index (χ0) is 12.4. The van der Waals surface area contributed by atoms with Gasteiger partial charge < -0.3 is 10.1 Å². The van der Waals surface area contributed by atoms with Crippen LogP contribution in [0.1, 0.15) is 6.42 Å². The second kappa shape index (κ2) is 4.48.